The van der Waals surface area contributed by atoms with Crippen LogP contribution >= 0.6 is 0 Å². The SMILES string of the molecule is CC(O)(CC(=O)N1CCOC(c2ccco2)C1)c1ccccc1. The normalized spacial score (nSPS) is 21.0. The van der Waals surface area contributed by atoms with Crippen LogP contribution in [0.4, 0.5) is 0 Å². The van der Waals surface area contributed by atoms with Gasteiger partial charge in [0.25, 0.3) is 0 Å². The van der Waals surface area contributed by atoms with Crippen molar-refractivity contribution in [1.29, 1.82) is 0 Å². The minimum Gasteiger partial charge on any atom is -0.467 e. The van der Waals surface area contributed by atoms with Crippen molar-refractivity contribution in [2.75, 3.05) is 19.7 Å². The molecule has 122 valence electrons. The third-order valence-electron chi connectivity index (χ3n) is 4.17. The first-order valence-electron chi connectivity index (χ1n) is 7.77. The van der Waals surface area contributed by atoms with Gasteiger partial charge in [0.05, 0.1) is 31.4 Å². The van der Waals surface area contributed by atoms with Gasteiger partial charge in [0.2, 0.25) is 5.91 Å². The summed E-state index contributed by atoms with van der Waals surface area (Å²) in [4.78, 5) is 14.3. The van der Waals surface area contributed by atoms with Gasteiger partial charge >= 0.3 is 0 Å². The topological polar surface area (TPSA) is 62.9 Å². The van der Waals surface area contributed by atoms with Crippen molar-refractivity contribution in [2.45, 2.75) is 25.0 Å². The molecule has 2 heterocycles. The standard InChI is InChI=1S/C18H21NO4/c1-18(21,14-6-3-2-4-7-14)12-17(20)19-9-11-23-16(13-19)15-8-5-10-22-15/h2-8,10,16,21H,9,11-13H2,1H3. The second kappa shape index (κ2) is 6.56. The van der Waals surface area contributed by atoms with Crippen LogP contribution in [0.2, 0.25) is 0 Å². The van der Waals surface area contributed by atoms with Gasteiger partial charge in [-0.15, -0.1) is 0 Å². The van der Waals surface area contributed by atoms with E-state index in [9.17, 15) is 9.90 Å². The number of ether oxygens (including phenoxy) is 1. The van der Waals surface area contributed by atoms with Gasteiger partial charge in [-0.1, -0.05) is 30.3 Å². The second-order valence-electron chi connectivity index (χ2n) is 6.03. The Labute approximate surface area is 135 Å². The quantitative estimate of drug-likeness (QED) is 0.941. The molecule has 2 unspecified atom stereocenters. The van der Waals surface area contributed by atoms with Crippen LogP contribution in [0.25, 0.3) is 0 Å². The number of rotatable bonds is 4. The second-order valence-corrected chi connectivity index (χ2v) is 6.03. The van der Waals surface area contributed by atoms with E-state index in [0.717, 1.165) is 11.3 Å². The molecule has 2 atom stereocenters. The Bertz CT molecular complexity index is 636. The molecule has 0 aliphatic carbocycles. The van der Waals surface area contributed by atoms with Gasteiger partial charge < -0.3 is 19.2 Å². The van der Waals surface area contributed by atoms with Crippen LogP contribution in [-0.4, -0.2) is 35.6 Å². The zero-order valence-electron chi connectivity index (χ0n) is 13.1. The molecule has 0 bridgehead atoms. The van der Waals surface area contributed by atoms with Crippen LogP contribution in [0, 0.1) is 0 Å². The highest BCUT2D eigenvalue weighted by Gasteiger charge is 2.32. The fourth-order valence-corrected chi connectivity index (χ4v) is 2.83. The van der Waals surface area contributed by atoms with Crippen molar-refractivity contribution in [2.24, 2.45) is 0 Å². The van der Waals surface area contributed by atoms with Crippen LogP contribution in [-0.2, 0) is 15.1 Å². The molecule has 0 radical (unpaired) electrons. The van der Waals surface area contributed by atoms with E-state index in [-0.39, 0.29) is 18.4 Å². The molecule has 5 heteroatoms. The lowest BCUT2D eigenvalue weighted by molar-refractivity contribution is -0.144. The molecule has 1 N–H and O–H groups in total. The number of carbonyl (C=O) groups excluding carboxylic acids is 1. The van der Waals surface area contributed by atoms with E-state index < -0.39 is 5.60 Å². The summed E-state index contributed by atoms with van der Waals surface area (Å²) in [5, 5.41) is 10.6. The zero-order chi connectivity index (χ0) is 16.3. The summed E-state index contributed by atoms with van der Waals surface area (Å²) in [5.74, 6) is 0.635. The van der Waals surface area contributed by atoms with Crippen LogP contribution < -0.4 is 0 Å². The van der Waals surface area contributed by atoms with E-state index in [1.807, 2.05) is 36.4 Å². The van der Waals surface area contributed by atoms with Crippen LogP contribution in [0.5, 0.6) is 0 Å². The lowest BCUT2D eigenvalue weighted by Gasteiger charge is -2.34. The number of hydrogen-bond donors (Lipinski definition) is 1. The number of morpholine rings is 1. The Hall–Kier alpha value is -2.11. The minimum atomic E-state index is -1.18. The lowest BCUT2D eigenvalue weighted by atomic mass is 9.92. The van der Waals surface area contributed by atoms with Crippen molar-refractivity contribution >= 4 is 5.91 Å². The molecule has 1 fully saturated rings. The number of furan rings is 1. The molecule has 0 saturated carbocycles. The first-order valence-corrected chi connectivity index (χ1v) is 7.77. The summed E-state index contributed by atoms with van der Waals surface area (Å²) in [6, 6.07) is 12.9. The van der Waals surface area contributed by atoms with Gasteiger partial charge in [0, 0.05) is 6.54 Å². The molecule has 1 aliphatic rings. The Morgan fingerprint density at radius 1 is 1.30 bits per heavy atom. The fraction of sp³-hybridized carbons (Fsp3) is 0.389. The largest absolute Gasteiger partial charge is 0.467 e. The molecule has 1 aromatic carbocycles. The maximum Gasteiger partial charge on any atom is 0.225 e. The maximum absolute atomic E-state index is 12.6. The molecule has 1 amide bonds. The summed E-state index contributed by atoms with van der Waals surface area (Å²) in [6.07, 6.45) is 1.39. The summed E-state index contributed by atoms with van der Waals surface area (Å²) >= 11 is 0. The van der Waals surface area contributed by atoms with Gasteiger partial charge in [0.15, 0.2) is 0 Å². The van der Waals surface area contributed by atoms with E-state index in [4.69, 9.17) is 9.15 Å². The molecule has 1 saturated heterocycles. The Morgan fingerprint density at radius 2 is 2.09 bits per heavy atom. The Balaban J connectivity index is 1.66. The highest BCUT2D eigenvalue weighted by Crippen LogP contribution is 2.27. The predicted octanol–water partition coefficient (Wildman–Crippen LogP) is 2.48. The highest BCUT2D eigenvalue weighted by atomic mass is 16.5. The van der Waals surface area contributed by atoms with Crippen molar-refractivity contribution in [1.82, 2.24) is 4.90 Å². The fourth-order valence-electron chi connectivity index (χ4n) is 2.83. The number of nitrogens with zero attached hydrogens (tertiary/aromatic N) is 1. The summed E-state index contributed by atoms with van der Waals surface area (Å²) in [5.41, 5.74) is -0.444. The molecular formula is C18H21NO4. The lowest BCUT2D eigenvalue weighted by Crippen LogP contribution is -2.44. The maximum atomic E-state index is 12.6. The van der Waals surface area contributed by atoms with E-state index in [1.54, 1.807) is 24.2 Å². The molecule has 3 rings (SSSR count). The number of benzene rings is 1. The Kier molecular flexibility index (Phi) is 4.50. The monoisotopic (exact) mass is 315 g/mol. The van der Waals surface area contributed by atoms with Gasteiger partial charge in [-0.2, -0.15) is 0 Å². The first-order chi connectivity index (χ1) is 11.1. The molecule has 0 spiro atoms. The number of aliphatic hydroxyl groups is 1. The van der Waals surface area contributed by atoms with Crippen molar-refractivity contribution in [3.63, 3.8) is 0 Å². The molecule has 2 aromatic rings. The van der Waals surface area contributed by atoms with E-state index in [0.29, 0.717) is 19.7 Å². The third kappa shape index (κ3) is 3.63. The van der Waals surface area contributed by atoms with Gasteiger partial charge in [0.1, 0.15) is 11.9 Å². The van der Waals surface area contributed by atoms with E-state index >= 15 is 0 Å². The van der Waals surface area contributed by atoms with E-state index in [2.05, 4.69) is 0 Å². The summed E-state index contributed by atoms with van der Waals surface area (Å²) in [7, 11) is 0. The first kappa shape index (κ1) is 15.8. The predicted molar refractivity (Wildman–Crippen MR) is 84.6 cm³/mol. The molecular weight excluding hydrogens is 294 g/mol. The molecule has 1 aromatic heterocycles. The van der Waals surface area contributed by atoms with Crippen molar-refractivity contribution < 1.29 is 19.1 Å². The van der Waals surface area contributed by atoms with Crippen molar-refractivity contribution in [3.8, 4) is 0 Å². The number of carbonyl (C=O) groups is 1. The van der Waals surface area contributed by atoms with Gasteiger partial charge in [-0.25, -0.2) is 0 Å². The zero-order valence-corrected chi connectivity index (χ0v) is 13.1. The van der Waals surface area contributed by atoms with Crippen molar-refractivity contribution in [3.05, 3.63) is 60.1 Å². The van der Waals surface area contributed by atoms with Gasteiger partial charge in [-0.05, 0) is 24.6 Å². The molecule has 1 aliphatic heterocycles. The average molecular weight is 315 g/mol. The Morgan fingerprint density at radius 3 is 2.78 bits per heavy atom. The molecule has 5 nitrogen and oxygen atoms in total. The summed E-state index contributed by atoms with van der Waals surface area (Å²) in [6.45, 7) is 3.10. The van der Waals surface area contributed by atoms with Crippen LogP contribution in [0.15, 0.2) is 53.1 Å². The average Bonchev–Trinajstić information content (AvgIpc) is 3.10. The van der Waals surface area contributed by atoms with E-state index in [1.165, 1.54) is 0 Å². The third-order valence-corrected chi connectivity index (χ3v) is 4.17. The van der Waals surface area contributed by atoms with Crippen LogP contribution in [0.1, 0.15) is 30.8 Å². The van der Waals surface area contributed by atoms with Crippen LogP contribution in [0.3, 0.4) is 0 Å². The number of hydrogen-bond acceptors (Lipinski definition) is 4. The number of amides is 1. The molecule has 23 heavy (non-hydrogen) atoms. The summed E-state index contributed by atoms with van der Waals surface area (Å²) < 4.78 is 11.0. The smallest absolute Gasteiger partial charge is 0.225 e. The highest BCUT2D eigenvalue weighted by molar-refractivity contribution is 5.77. The minimum absolute atomic E-state index is 0.0435. The van der Waals surface area contributed by atoms with Gasteiger partial charge in [-0.3, -0.25) is 4.79 Å².